The van der Waals surface area contributed by atoms with E-state index in [9.17, 15) is 14.4 Å². The lowest BCUT2D eigenvalue weighted by molar-refractivity contribution is -0.140. The number of aryl methyl sites for hydroxylation is 3. The molecule has 0 aliphatic heterocycles. The predicted molar refractivity (Wildman–Crippen MR) is 160 cm³/mol. The van der Waals surface area contributed by atoms with Gasteiger partial charge in [0.2, 0.25) is 5.95 Å². The molecule has 0 N–H and O–H groups in total. The molecule has 0 saturated carbocycles. The van der Waals surface area contributed by atoms with Gasteiger partial charge in [-0.1, -0.05) is 48.9 Å². The molecular weight excluding hydrogens is 562 g/mol. The number of nitrogens with zero attached hydrogens (tertiary/aromatic N) is 5. The Labute approximate surface area is 245 Å². The van der Waals surface area contributed by atoms with Gasteiger partial charge in [-0.3, -0.25) is 23.9 Å². The van der Waals surface area contributed by atoms with Crippen molar-refractivity contribution >= 4 is 57.4 Å². The zero-order chi connectivity index (χ0) is 29.3. The number of aromatic nitrogens is 4. The molecule has 41 heavy (non-hydrogen) atoms. The molecule has 0 unspecified atom stereocenters. The standard InChI is InChI=1S/C30H28ClN5O4S/c1-5-20-17-22(27(38)21-11-7-8-12-23(21)31)29(41-20)36-18(2)32-33-30(36)34(3)28(39)25-16-19-10-6-9-13-24(19)35(25)15-14-26(37)40-4/h6-13,16-17H,5,14-15H2,1-4H3. The summed E-state index contributed by atoms with van der Waals surface area (Å²) in [6.45, 7) is 4.06. The number of halogens is 1. The summed E-state index contributed by atoms with van der Waals surface area (Å²) in [4.78, 5) is 42.1. The molecule has 0 bridgehead atoms. The maximum Gasteiger partial charge on any atom is 0.307 e. The molecule has 3 heterocycles. The van der Waals surface area contributed by atoms with Gasteiger partial charge in [0.15, 0.2) is 5.78 Å². The second-order valence-electron chi connectivity index (χ2n) is 9.41. The van der Waals surface area contributed by atoms with Crippen LogP contribution in [-0.2, 0) is 22.5 Å². The predicted octanol–water partition coefficient (Wildman–Crippen LogP) is 5.88. The van der Waals surface area contributed by atoms with Crippen LogP contribution in [0.4, 0.5) is 5.95 Å². The van der Waals surface area contributed by atoms with E-state index in [0.29, 0.717) is 32.7 Å². The topological polar surface area (TPSA) is 99.3 Å². The SMILES string of the molecule is CCc1cc(C(=O)c2ccccc2Cl)c(-n2c(C)nnc2N(C)C(=O)c2cc3ccccc3n2CCC(=O)OC)s1. The summed E-state index contributed by atoms with van der Waals surface area (Å²) in [7, 11) is 2.96. The highest BCUT2D eigenvalue weighted by Gasteiger charge is 2.28. The van der Waals surface area contributed by atoms with E-state index < -0.39 is 0 Å². The lowest BCUT2D eigenvalue weighted by Gasteiger charge is -2.19. The van der Waals surface area contributed by atoms with E-state index in [1.165, 1.54) is 23.3 Å². The molecule has 5 rings (SSSR count). The fourth-order valence-corrected chi connectivity index (χ4v) is 6.08. The van der Waals surface area contributed by atoms with Gasteiger partial charge in [-0.2, -0.15) is 0 Å². The van der Waals surface area contributed by atoms with Gasteiger partial charge < -0.3 is 9.30 Å². The largest absolute Gasteiger partial charge is 0.469 e. The van der Waals surface area contributed by atoms with Crippen molar-refractivity contribution in [2.75, 3.05) is 19.1 Å². The van der Waals surface area contributed by atoms with Gasteiger partial charge >= 0.3 is 5.97 Å². The van der Waals surface area contributed by atoms with Crippen molar-refractivity contribution in [1.29, 1.82) is 0 Å². The molecule has 0 radical (unpaired) electrons. The summed E-state index contributed by atoms with van der Waals surface area (Å²) in [5, 5.41) is 10.4. The normalized spacial score (nSPS) is 11.1. The highest BCUT2D eigenvalue weighted by Crippen LogP contribution is 2.34. The maximum atomic E-state index is 14.0. The third-order valence-corrected chi connectivity index (χ3v) is 8.48. The Bertz CT molecular complexity index is 1790. The number of benzene rings is 2. The molecule has 0 atom stereocenters. The molecule has 210 valence electrons. The van der Waals surface area contributed by atoms with Gasteiger partial charge in [-0.25, -0.2) is 0 Å². The van der Waals surface area contributed by atoms with Crippen molar-refractivity contribution in [2.24, 2.45) is 0 Å². The summed E-state index contributed by atoms with van der Waals surface area (Å²) in [6.07, 6.45) is 0.829. The number of amides is 1. The third-order valence-electron chi connectivity index (χ3n) is 6.89. The van der Waals surface area contributed by atoms with E-state index in [1.807, 2.05) is 41.8 Å². The monoisotopic (exact) mass is 589 g/mol. The van der Waals surface area contributed by atoms with Gasteiger partial charge in [0.25, 0.3) is 5.91 Å². The first-order chi connectivity index (χ1) is 19.7. The molecule has 9 nitrogen and oxygen atoms in total. The van der Waals surface area contributed by atoms with E-state index >= 15 is 0 Å². The van der Waals surface area contributed by atoms with Crippen LogP contribution in [0.15, 0.2) is 60.7 Å². The second kappa shape index (κ2) is 11.7. The molecule has 0 spiro atoms. The van der Waals surface area contributed by atoms with E-state index in [2.05, 4.69) is 10.2 Å². The Morgan fingerprint density at radius 3 is 2.49 bits per heavy atom. The van der Waals surface area contributed by atoms with E-state index in [1.54, 1.807) is 48.9 Å². The van der Waals surface area contributed by atoms with Crippen LogP contribution in [0.25, 0.3) is 15.9 Å². The van der Waals surface area contributed by atoms with Crippen LogP contribution in [0.3, 0.4) is 0 Å². The smallest absolute Gasteiger partial charge is 0.307 e. The van der Waals surface area contributed by atoms with E-state index in [4.69, 9.17) is 16.3 Å². The highest BCUT2D eigenvalue weighted by atomic mass is 35.5. The van der Waals surface area contributed by atoms with Gasteiger partial charge in [0.05, 0.1) is 24.1 Å². The quantitative estimate of drug-likeness (QED) is 0.157. The summed E-state index contributed by atoms with van der Waals surface area (Å²) in [6, 6.07) is 18.2. The first-order valence-corrected chi connectivity index (χ1v) is 14.2. The van der Waals surface area contributed by atoms with Crippen molar-refractivity contribution in [3.63, 3.8) is 0 Å². The number of ketones is 1. The highest BCUT2D eigenvalue weighted by molar-refractivity contribution is 7.15. The number of carbonyl (C=O) groups excluding carboxylic acids is 3. The first kappa shape index (κ1) is 28.3. The number of anilines is 1. The zero-order valence-corrected chi connectivity index (χ0v) is 24.6. The summed E-state index contributed by atoms with van der Waals surface area (Å²) in [5.41, 5.74) is 2.06. The van der Waals surface area contributed by atoms with Gasteiger partial charge in [0.1, 0.15) is 16.5 Å². The average molecular weight is 590 g/mol. The molecule has 0 aliphatic carbocycles. The van der Waals surface area contributed by atoms with Crippen molar-refractivity contribution in [3.8, 4) is 5.00 Å². The Morgan fingerprint density at radius 2 is 1.76 bits per heavy atom. The molecule has 3 aromatic heterocycles. The number of fused-ring (bicyclic) bond motifs is 1. The van der Waals surface area contributed by atoms with Crippen LogP contribution in [0.2, 0.25) is 5.02 Å². The number of para-hydroxylation sites is 1. The molecule has 1 amide bonds. The second-order valence-corrected chi connectivity index (χ2v) is 10.9. The van der Waals surface area contributed by atoms with Crippen molar-refractivity contribution in [2.45, 2.75) is 33.2 Å². The molecule has 5 aromatic rings. The van der Waals surface area contributed by atoms with Crippen LogP contribution in [0, 0.1) is 6.92 Å². The number of ether oxygens (including phenoxy) is 1. The fourth-order valence-electron chi connectivity index (χ4n) is 4.73. The molecule has 0 fully saturated rings. The van der Waals surface area contributed by atoms with Gasteiger partial charge in [0, 0.05) is 34.9 Å². The summed E-state index contributed by atoms with van der Waals surface area (Å²) in [5.74, 6) is -0.160. The number of esters is 1. The van der Waals surface area contributed by atoms with Gasteiger partial charge in [-0.05, 0) is 43.7 Å². The lowest BCUT2D eigenvalue weighted by Crippen LogP contribution is -2.31. The molecule has 0 saturated heterocycles. The number of carbonyl (C=O) groups is 3. The summed E-state index contributed by atoms with van der Waals surface area (Å²) < 4.78 is 8.36. The van der Waals surface area contributed by atoms with Crippen molar-refractivity contribution < 1.29 is 19.1 Å². The number of thiophene rings is 1. The van der Waals surface area contributed by atoms with Crippen LogP contribution in [0.1, 0.15) is 50.5 Å². The van der Waals surface area contributed by atoms with E-state index in [-0.39, 0.29) is 36.6 Å². The minimum atomic E-state index is -0.370. The minimum absolute atomic E-state index is 0.108. The first-order valence-electron chi connectivity index (χ1n) is 13.0. The Kier molecular flexibility index (Phi) is 8.05. The van der Waals surface area contributed by atoms with Gasteiger partial charge in [-0.15, -0.1) is 21.5 Å². The number of methoxy groups -OCH3 is 1. The van der Waals surface area contributed by atoms with Crippen molar-refractivity contribution in [1.82, 2.24) is 19.3 Å². The molecular formula is C30H28ClN5O4S. The molecule has 2 aromatic carbocycles. The maximum absolute atomic E-state index is 14.0. The molecule has 0 aliphatic rings. The van der Waals surface area contributed by atoms with Crippen LogP contribution < -0.4 is 4.90 Å². The van der Waals surface area contributed by atoms with Crippen LogP contribution in [-0.4, -0.2) is 51.1 Å². The summed E-state index contributed by atoms with van der Waals surface area (Å²) >= 11 is 7.82. The zero-order valence-electron chi connectivity index (χ0n) is 23.1. The Morgan fingerprint density at radius 1 is 1.02 bits per heavy atom. The lowest BCUT2D eigenvalue weighted by atomic mass is 10.0. The van der Waals surface area contributed by atoms with Crippen LogP contribution >= 0.6 is 22.9 Å². The number of hydrogen-bond donors (Lipinski definition) is 0. The number of hydrogen-bond acceptors (Lipinski definition) is 7. The third kappa shape index (κ3) is 5.28. The fraction of sp³-hybridized carbons (Fsp3) is 0.233. The van der Waals surface area contributed by atoms with E-state index in [0.717, 1.165) is 22.2 Å². The Hall–Kier alpha value is -4.28. The van der Waals surface area contributed by atoms with Crippen molar-refractivity contribution in [3.05, 3.63) is 93.2 Å². The average Bonchev–Trinajstić information content (AvgIpc) is 3.69. The number of rotatable bonds is 9. The minimum Gasteiger partial charge on any atom is -0.469 e. The Balaban J connectivity index is 1.58. The van der Waals surface area contributed by atoms with Crippen LogP contribution in [0.5, 0.6) is 0 Å². The molecule has 11 heteroatoms.